The van der Waals surface area contributed by atoms with E-state index in [2.05, 4.69) is 263 Å². The number of nitrogens with zero attached hydrogens (tertiary/aromatic N) is 4. The van der Waals surface area contributed by atoms with Crippen molar-refractivity contribution in [2.24, 2.45) is 5.41 Å². The Labute approximate surface area is 420 Å². The average molecular weight is 1080 g/mol. The first-order chi connectivity index (χ1) is 31.6. The normalized spacial score (nSPS) is 13.8. The third-order valence-electron chi connectivity index (χ3n) is 13.8. The molecule has 6 heteroatoms. The fourth-order valence-electron chi connectivity index (χ4n) is 9.27. The Kier molecular flexibility index (Phi) is 12.8. The topological polar surface area (TPSA) is 33.5 Å². The molecule has 0 radical (unpaired) electrons. The van der Waals surface area contributed by atoms with Crippen LogP contribution >= 0.6 is 0 Å². The molecule has 3 heterocycles. The summed E-state index contributed by atoms with van der Waals surface area (Å²) in [7, 11) is 0. The molecule has 0 bridgehead atoms. The summed E-state index contributed by atoms with van der Waals surface area (Å²) < 4.78 is 9.22. The Bertz CT molecular complexity index is 3110. The van der Waals surface area contributed by atoms with Crippen molar-refractivity contribution in [2.75, 3.05) is 9.80 Å². The first-order valence-electron chi connectivity index (χ1n) is 23.7. The van der Waals surface area contributed by atoms with Crippen LogP contribution in [0.2, 0.25) is 0 Å². The second kappa shape index (κ2) is 17.9. The molecule has 9 rings (SSSR count). The number of hydrogen-bond donors (Lipinski definition) is 0. The third-order valence-corrected chi connectivity index (χ3v) is 13.8. The van der Waals surface area contributed by atoms with Gasteiger partial charge in [0.2, 0.25) is 0 Å². The van der Waals surface area contributed by atoms with Crippen molar-refractivity contribution < 1.29 is 25.8 Å². The fraction of sp³-hybridized carbons (Fsp3) is 0.290. The molecule has 0 aliphatic carbocycles. The Morgan fingerprint density at radius 2 is 1.09 bits per heavy atom. The molecule has 1 aliphatic heterocycles. The SMILES string of the molecule is CC(C)(C)C1=CN(c2cc(C(C)(C)C)cc(C(C)(C)C)c2)[CH-]N1c1[c-]c(Oc2[c-]c3c(cc2)c2ccccc2n3-c2cc(C(C)(C)c3ccccc3)ccn2)cc(C(C)(C)c2ccccc2)c1.[Pt]. The van der Waals surface area contributed by atoms with Gasteiger partial charge in [-0.2, -0.15) is 6.07 Å². The van der Waals surface area contributed by atoms with Crippen LogP contribution in [0, 0.1) is 24.2 Å². The molecule has 0 saturated carbocycles. The number of para-hydroxylation sites is 1. The van der Waals surface area contributed by atoms with Crippen molar-refractivity contribution in [3.63, 3.8) is 0 Å². The maximum atomic E-state index is 7.00. The van der Waals surface area contributed by atoms with Crippen LogP contribution in [-0.4, -0.2) is 9.55 Å². The Morgan fingerprint density at radius 1 is 0.500 bits per heavy atom. The Balaban J connectivity index is 0.00000625. The standard InChI is InChI=1S/C62H65N4O.Pt/c1-58(2,3)45-32-46(59(4,5)6)34-48(33-45)64-40-56(60(7,8)9)65(41-64)49-35-47(62(12,13)43-24-18-15-19-25-43)36-51(38-49)67-50-28-29-53-52-26-20-21-27-54(52)66(55(53)39-50)57-37-44(30-31-63-57)61(10,11)42-22-16-14-17-23-42;/h14-37,40-41H,1-13H3;/q-3;. The number of rotatable bonds is 9. The third kappa shape index (κ3) is 9.32. The molecule has 0 N–H and O–H groups in total. The number of anilines is 2. The van der Waals surface area contributed by atoms with Crippen LogP contribution in [0.15, 0.2) is 158 Å². The molecule has 0 saturated heterocycles. The molecule has 0 atom stereocenters. The first kappa shape index (κ1) is 48.6. The molecule has 0 unspecified atom stereocenters. The number of hydrogen-bond acceptors (Lipinski definition) is 4. The van der Waals surface area contributed by atoms with Gasteiger partial charge in [0.25, 0.3) is 0 Å². The molecule has 5 nitrogen and oxygen atoms in total. The van der Waals surface area contributed by atoms with Crippen molar-refractivity contribution in [2.45, 2.75) is 112 Å². The van der Waals surface area contributed by atoms with E-state index in [0.29, 0.717) is 11.5 Å². The van der Waals surface area contributed by atoms with Gasteiger partial charge in [-0.1, -0.05) is 180 Å². The number of ether oxygens (including phenoxy) is 1. The molecular formula is C62H65N4OPt-3. The van der Waals surface area contributed by atoms with Crippen LogP contribution in [0.5, 0.6) is 11.5 Å². The summed E-state index contributed by atoms with van der Waals surface area (Å²) in [6.45, 7) is 31.9. The number of fused-ring (bicyclic) bond motifs is 3. The van der Waals surface area contributed by atoms with E-state index in [1.54, 1.807) is 0 Å². The van der Waals surface area contributed by atoms with Crippen LogP contribution in [0.4, 0.5) is 11.4 Å². The Morgan fingerprint density at radius 3 is 1.69 bits per heavy atom. The van der Waals surface area contributed by atoms with Gasteiger partial charge in [-0.05, 0) is 86.0 Å². The summed E-state index contributed by atoms with van der Waals surface area (Å²) in [5.41, 5.74) is 11.7. The monoisotopic (exact) mass is 1080 g/mol. The quantitative estimate of drug-likeness (QED) is 0.135. The molecule has 8 aromatic rings. The first-order valence-corrected chi connectivity index (χ1v) is 23.7. The van der Waals surface area contributed by atoms with Crippen molar-refractivity contribution in [1.82, 2.24) is 9.55 Å². The smallest absolute Gasteiger partial charge is 0.135 e. The van der Waals surface area contributed by atoms with E-state index in [1.807, 2.05) is 12.3 Å². The van der Waals surface area contributed by atoms with Crippen molar-refractivity contribution in [3.8, 4) is 17.3 Å². The van der Waals surface area contributed by atoms with Crippen LogP contribution in [0.25, 0.3) is 27.6 Å². The van der Waals surface area contributed by atoms with E-state index in [-0.39, 0.29) is 48.1 Å². The molecule has 2 aromatic heterocycles. The minimum absolute atomic E-state index is 0. The number of pyridine rings is 1. The maximum Gasteiger partial charge on any atom is 0.135 e. The largest absolute Gasteiger partial charge is 0.509 e. The van der Waals surface area contributed by atoms with Gasteiger partial charge in [-0.15, -0.1) is 53.6 Å². The predicted molar refractivity (Wildman–Crippen MR) is 281 cm³/mol. The molecule has 352 valence electrons. The number of aromatic nitrogens is 2. The minimum Gasteiger partial charge on any atom is -0.509 e. The zero-order valence-corrected chi connectivity index (χ0v) is 44.3. The van der Waals surface area contributed by atoms with Gasteiger partial charge in [0.1, 0.15) is 5.82 Å². The van der Waals surface area contributed by atoms with E-state index in [9.17, 15) is 0 Å². The molecule has 0 amide bonds. The van der Waals surface area contributed by atoms with E-state index in [1.165, 1.54) is 27.8 Å². The van der Waals surface area contributed by atoms with Crippen LogP contribution in [0.3, 0.4) is 0 Å². The van der Waals surface area contributed by atoms with Crippen molar-refractivity contribution >= 4 is 33.2 Å². The van der Waals surface area contributed by atoms with Gasteiger partial charge >= 0.3 is 0 Å². The van der Waals surface area contributed by atoms with Gasteiger partial charge in [-0.3, -0.25) is 0 Å². The average Bonchev–Trinajstić information content (AvgIpc) is 3.90. The van der Waals surface area contributed by atoms with Crippen molar-refractivity contribution in [3.05, 3.63) is 210 Å². The summed E-state index contributed by atoms with van der Waals surface area (Å²) in [6, 6.07) is 57.5. The van der Waals surface area contributed by atoms with Crippen LogP contribution in [-0.2, 0) is 42.7 Å². The van der Waals surface area contributed by atoms with E-state index < -0.39 is 0 Å². The zero-order valence-electron chi connectivity index (χ0n) is 42.0. The zero-order chi connectivity index (χ0) is 47.7. The summed E-state index contributed by atoms with van der Waals surface area (Å²) in [5.74, 6) is 2.05. The van der Waals surface area contributed by atoms with E-state index in [0.717, 1.165) is 50.3 Å². The summed E-state index contributed by atoms with van der Waals surface area (Å²) in [6.07, 6.45) is 4.22. The minimum atomic E-state index is -0.360. The fourth-order valence-corrected chi connectivity index (χ4v) is 9.27. The second-order valence-electron chi connectivity index (χ2n) is 22.5. The molecular weight excluding hydrogens is 1010 g/mol. The van der Waals surface area contributed by atoms with E-state index >= 15 is 0 Å². The van der Waals surface area contributed by atoms with Crippen LogP contribution in [0.1, 0.15) is 123 Å². The molecule has 68 heavy (non-hydrogen) atoms. The van der Waals surface area contributed by atoms with Crippen molar-refractivity contribution in [1.29, 1.82) is 0 Å². The summed E-state index contributed by atoms with van der Waals surface area (Å²) in [4.78, 5) is 9.59. The molecule has 6 aromatic carbocycles. The second-order valence-corrected chi connectivity index (χ2v) is 22.5. The molecule has 0 spiro atoms. The molecule has 0 fully saturated rings. The summed E-state index contributed by atoms with van der Waals surface area (Å²) in [5, 5.41) is 2.21. The Hall–Kier alpha value is -5.90. The predicted octanol–water partition coefficient (Wildman–Crippen LogP) is 16.1. The van der Waals surface area contributed by atoms with Gasteiger partial charge < -0.3 is 19.1 Å². The molecule has 1 aliphatic rings. The maximum absolute atomic E-state index is 7.00. The summed E-state index contributed by atoms with van der Waals surface area (Å²) >= 11 is 0. The van der Waals surface area contributed by atoms with Gasteiger partial charge in [0, 0.05) is 66.5 Å². The van der Waals surface area contributed by atoms with Gasteiger partial charge in [0.05, 0.1) is 0 Å². The van der Waals surface area contributed by atoms with Crippen LogP contribution < -0.4 is 14.5 Å². The number of benzene rings is 6. The van der Waals surface area contributed by atoms with Gasteiger partial charge in [-0.25, -0.2) is 4.98 Å². The number of allylic oxidation sites excluding steroid dienone is 1. The van der Waals surface area contributed by atoms with E-state index in [4.69, 9.17) is 9.72 Å². The van der Waals surface area contributed by atoms with Gasteiger partial charge in [0.15, 0.2) is 0 Å².